The lowest BCUT2D eigenvalue weighted by molar-refractivity contribution is 0.374. The molecule has 0 unspecified atom stereocenters. The summed E-state index contributed by atoms with van der Waals surface area (Å²) >= 11 is 0. The molecule has 0 bridgehead atoms. The second-order valence-corrected chi connectivity index (χ2v) is 4.11. The van der Waals surface area contributed by atoms with Gasteiger partial charge in [0.25, 0.3) is 0 Å². The number of hydrogen-bond donors (Lipinski definition) is 0. The van der Waals surface area contributed by atoms with Gasteiger partial charge >= 0.3 is 0 Å². The van der Waals surface area contributed by atoms with E-state index < -0.39 is 0 Å². The van der Waals surface area contributed by atoms with E-state index in [9.17, 15) is 0 Å². The standard InChI is InChI=1S/C17H20O/c1-3-5-7-9-10-11-13-15-17-16(18-17)14-12-8-6-4-2/h3-5,13,15-17H,2,6,8,12,14H2,1H3/b5-3+,15-13+/t16-,17-/m1/s1. The first-order valence-corrected chi connectivity index (χ1v) is 6.43. The molecule has 0 aliphatic carbocycles. The summed E-state index contributed by atoms with van der Waals surface area (Å²) < 4.78 is 5.51. The molecule has 1 aliphatic rings. The highest BCUT2D eigenvalue weighted by Gasteiger charge is 2.35. The largest absolute Gasteiger partial charge is 0.365 e. The van der Waals surface area contributed by atoms with Crippen molar-refractivity contribution >= 4 is 0 Å². The number of rotatable bonds is 6. The van der Waals surface area contributed by atoms with Crippen molar-refractivity contribution in [1.82, 2.24) is 0 Å². The van der Waals surface area contributed by atoms with Crippen LogP contribution in [0.2, 0.25) is 0 Å². The summed E-state index contributed by atoms with van der Waals surface area (Å²) in [6, 6.07) is 0. The molecule has 0 aromatic heterocycles. The van der Waals surface area contributed by atoms with Crippen LogP contribution in [0.4, 0.5) is 0 Å². The maximum Gasteiger partial charge on any atom is 0.103 e. The zero-order valence-corrected chi connectivity index (χ0v) is 11.0. The molecule has 1 heterocycles. The van der Waals surface area contributed by atoms with Crippen LogP contribution in [0.15, 0.2) is 37.0 Å². The number of ether oxygens (including phenoxy) is 1. The second-order valence-electron chi connectivity index (χ2n) is 4.11. The summed E-state index contributed by atoms with van der Waals surface area (Å²) in [5.41, 5.74) is 0. The Kier molecular flexibility index (Phi) is 7.45. The Morgan fingerprint density at radius 1 is 1.17 bits per heavy atom. The number of hydrogen-bond acceptors (Lipinski definition) is 1. The fourth-order valence-electron chi connectivity index (χ4n) is 1.57. The summed E-state index contributed by atoms with van der Waals surface area (Å²) in [5.74, 6) is 11.2. The van der Waals surface area contributed by atoms with Gasteiger partial charge in [-0.15, -0.1) is 6.58 Å². The molecule has 2 atom stereocenters. The molecule has 1 aliphatic heterocycles. The predicted octanol–water partition coefficient (Wildman–Crippen LogP) is 3.64. The number of epoxide rings is 1. The van der Waals surface area contributed by atoms with E-state index in [0.29, 0.717) is 6.10 Å². The van der Waals surface area contributed by atoms with E-state index in [4.69, 9.17) is 4.74 Å². The quantitative estimate of drug-likeness (QED) is 0.299. The molecular formula is C17H20O. The molecule has 0 aromatic carbocycles. The van der Waals surface area contributed by atoms with Crippen molar-refractivity contribution in [3.63, 3.8) is 0 Å². The molecular weight excluding hydrogens is 220 g/mol. The van der Waals surface area contributed by atoms with Crippen LogP contribution in [0, 0.1) is 23.7 Å². The van der Waals surface area contributed by atoms with E-state index in [1.54, 1.807) is 6.08 Å². The van der Waals surface area contributed by atoms with Crippen molar-refractivity contribution in [2.75, 3.05) is 0 Å². The van der Waals surface area contributed by atoms with Gasteiger partial charge in [0.15, 0.2) is 0 Å². The van der Waals surface area contributed by atoms with Crippen LogP contribution in [-0.2, 0) is 4.74 Å². The van der Waals surface area contributed by atoms with Gasteiger partial charge in [0.05, 0.1) is 6.10 Å². The van der Waals surface area contributed by atoms with Crippen molar-refractivity contribution < 1.29 is 4.74 Å². The topological polar surface area (TPSA) is 12.5 Å². The lowest BCUT2D eigenvalue weighted by Crippen LogP contribution is -1.90. The Balaban J connectivity index is 2.11. The van der Waals surface area contributed by atoms with E-state index in [0.717, 1.165) is 12.8 Å². The minimum absolute atomic E-state index is 0.270. The zero-order valence-electron chi connectivity index (χ0n) is 11.0. The SMILES string of the molecule is C=CCCCC[C@H]1O[C@@H]1/C=C/C#CC#C/C=C/C. The summed E-state index contributed by atoms with van der Waals surface area (Å²) in [4.78, 5) is 0. The van der Waals surface area contributed by atoms with Gasteiger partial charge in [-0.1, -0.05) is 30.4 Å². The maximum atomic E-state index is 5.51. The van der Waals surface area contributed by atoms with Crippen molar-refractivity contribution in [3.8, 4) is 23.7 Å². The molecule has 1 rings (SSSR count). The van der Waals surface area contributed by atoms with Gasteiger partial charge in [-0.2, -0.15) is 0 Å². The van der Waals surface area contributed by atoms with Gasteiger partial charge in [0.1, 0.15) is 6.10 Å². The molecule has 0 radical (unpaired) electrons. The monoisotopic (exact) mass is 240 g/mol. The third kappa shape index (κ3) is 6.79. The summed E-state index contributed by atoms with van der Waals surface area (Å²) in [6.45, 7) is 5.64. The molecule has 0 aromatic rings. The highest BCUT2D eigenvalue weighted by Crippen LogP contribution is 2.28. The van der Waals surface area contributed by atoms with E-state index in [-0.39, 0.29) is 6.10 Å². The molecule has 1 saturated heterocycles. The Morgan fingerprint density at radius 3 is 2.67 bits per heavy atom. The van der Waals surface area contributed by atoms with Gasteiger partial charge in [0.2, 0.25) is 0 Å². The van der Waals surface area contributed by atoms with E-state index >= 15 is 0 Å². The highest BCUT2D eigenvalue weighted by molar-refractivity contribution is 5.34. The van der Waals surface area contributed by atoms with E-state index in [1.165, 1.54) is 12.8 Å². The Hall–Kier alpha value is -1.70. The van der Waals surface area contributed by atoms with Crippen LogP contribution in [0.1, 0.15) is 32.6 Å². The van der Waals surface area contributed by atoms with Crippen molar-refractivity contribution in [2.24, 2.45) is 0 Å². The first kappa shape index (κ1) is 14.4. The van der Waals surface area contributed by atoms with Crippen LogP contribution < -0.4 is 0 Å². The first-order chi connectivity index (χ1) is 8.88. The average Bonchev–Trinajstić information content (AvgIpc) is 3.12. The minimum atomic E-state index is 0.270. The van der Waals surface area contributed by atoms with E-state index in [2.05, 4.69) is 30.3 Å². The number of allylic oxidation sites excluding steroid dienone is 4. The first-order valence-electron chi connectivity index (χ1n) is 6.43. The third-order valence-corrected chi connectivity index (χ3v) is 2.59. The highest BCUT2D eigenvalue weighted by atomic mass is 16.6. The van der Waals surface area contributed by atoms with Gasteiger partial charge in [0, 0.05) is 0 Å². The molecule has 1 fully saturated rings. The molecule has 0 amide bonds. The lowest BCUT2D eigenvalue weighted by atomic mass is 10.1. The van der Waals surface area contributed by atoms with Crippen LogP contribution in [-0.4, -0.2) is 12.2 Å². The maximum absolute atomic E-state index is 5.51. The zero-order chi connectivity index (χ0) is 13.1. The second kappa shape index (κ2) is 9.34. The molecule has 1 nitrogen and oxygen atoms in total. The van der Waals surface area contributed by atoms with Gasteiger partial charge in [-0.25, -0.2) is 0 Å². The van der Waals surface area contributed by atoms with Crippen LogP contribution in [0.5, 0.6) is 0 Å². The van der Waals surface area contributed by atoms with Crippen molar-refractivity contribution in [3.05, 3.63) is 37.0 Å². The summed E-state index contributed by atoms with van der Waals surface area (Å²) in [7, 11) is 0. The van der Waals surface area contributed by atoms with Gasteiger partial charge in [-0.05, 0) is 56.3 Å². The molecule has 1 heteroatoms. The molecule has 18 heavy (non-hydrogen) atoms. The Bertz CT molecular complexity index is 420. The normalized spacial score (nSPS) is 21.2. The molecule has 0 N–H and O–H groups in total. The van der Waals surface area contributed by atoms with Gasteiger partial charge in [-0.3, -0.25) is 0 Å². The third-order valence-electron chi connectivity index (χ3n) is 2.59. The van der Waals surface area contributed by atoms with Crippen LogP contribution >= 0.6 is 0 Å². The average molecular weight is 240 g/mol. The number of unbranched alkanes of at least 4 members (excludes halogenated alkanes) is 2. The lowest BCUT2D eigenvalue weighted by Gasteiger charge is -1.92. The molecule has 94 valence electrons. The van der Waals surface area contributed by atoms with Gasteiger partial charge < -0.3 is 4.74 Å². The smallest absolute Gasteiger partial charge is 0.103 e. The summed E-state index contributed by atoms with van der Waals surface area (Å²) in [6.07, 6.45) is 14.8. The Labute approximate surface area is 111 Å². The van der Waals surface area contributed by atoms with Crippen molar-refractivity contribution in [2.45, 2.75) is 44.8 Å². The fraction of sp³-hybridized carbons (Fsp3) is 0.412. The van der Waals surface area contributed by atoms with E-state index in [1.807, 2.05) is 31.2 Å². The summed E-state index contributed by atoms with van der Waals surface area (Å²) in [5, 5.41) is 0. The van der Waals surface area contributed by atoms with Crippen LogP contribution in [0.25, 0.3) is 0 Å². The predicted molar refractivity (Wildman–Crippen MR) is 76.8 cm³/mol. The minimum Gasteiger partial charge on any atom is -0.365 e. The fourth-order valence-corrected chi connectivity index (χ4v) is 1.57. The van der Waals surface area contributed by atoms with Crippen molar-refractivity contribution in [1.29, 1.82) is 0 Å². The molecule has 0 saturated carbocycles. The Morgan fingerprint density at radius 2 is 1.94 bits per heavy atom. The molecule has 0 spiro atoms. The van der Waals surface area contributed by atoms with Crippen LogP contribution in [0.3, 0.4) is 0 Å².